The molecule has 148 valence electrons. The number of carbonyl (C=O) groups excluding carboxylic acids is 1. The Morgan fingerprint density at radius 3 is 2.39 bits per heavy atom. The summed E-state index contributed by atoms with van der Waals surface area (Å²) < 4.78 is 42.7. The van der Waals surface area contributed by atoms with Crippen LogP contribution in [0.2, 0.25) is 0 Å². The number of nitrogens with zero attached hydrogens (tertiary/aromatic N) is 3. The number of methoxy groups -OCH3 is 2. The molecule has 0 bridgehead atoms. The molecule has 0 saturated heterocycles. The second-order valence-electron chi connectivity index (χ2n) is 5.81. The number of sulfone groups is 1. The Balaban J connectivity index is 2.21. The van der Waals surface area contributed by atoms with Gasteiger partial charge in [-0.15, -0.1) is 10.2 Å². The fraction of sp³-hybridized carbons (Fsp3) is 0.278. The van der Waals surface area contributed by atoms with Crippen LogP contribution in [0.15, 0.2) is 41.0 Å². The molecule has 1 aromatic carbocycles. The lowest BCUT2D eigenvalue weighted by Crippen LogP contribution is -2.15. The Kier molecular flexibility index (Phi) is 5.78. The van der Waals surface area contributed by atoms with Gasteiger partial charge in [-0.2, -0.15) is 0 Å². The number of rotatable bonds is 9. The van der Waals surface area contributed by atoms with E-state index in [0.29, 0.717) is 35.1 Å². The molecule has 2 heterocycles. The van der Waals surface area contributed by atoms with Gasteiger partial charge in [0.1, 0.15) is 29.2 Å². The lowest BCUT2D eigenvalue weighted by Gasteiger charge is -2.16. The molecule has 0 saturated carbocycles. The highest BCUT2D eigenvalue weighted by Crippen LogP contribution is 2.36. The second-order valence-corrected chi connectivity index (χ2v) is 8.00. The van der Waals surface area contributed by atoms with E-state index in [1.165, 1.54) is 25.0 Å². The van der Waals surface area contributed by atoms with Gasteiger partial charge in [0, 0.05) is 6.42 Å². The first-order valence-corrected chi connectivity index (χ1v) is 10.2. The Bertz CT molecular complexity index is 1030. The van der Waals surface area contributed by atoms with Crippen molar-refractivity contribution in [3.05, 3.63) is 42.4 Å². The van der Waals surface area contributed by atoms with Crippen LogP contribution in [0.25, 0.3) is 17.3 Å². The van der Waals surface area contributed by atoms with E-state index in [1.54, 1.807) is 30.3 Å². The lowest BCUT2D eigenvalue weighted by atomic mass is 10.2. The zero-order valence-corrected chi connectivity index (χ0v) is 16.2. The summed E-state index contributed by atoms with van der Waals surface area (Å²) in [4.78, 5) is 10.6. The number of para-hydroxylation sites is 1. The van der Waals surface area contributed by atoms with Crippen molar-refractivity contribution in [2.75, 3.05) is 20.0 Å². The molecule has 3 aromatic rings. The van der Waals surface area contributed by atoms with E-state index >= 15 is 0 Å². The smallest absolute Gasteiger partial charge is 0.204 e. The molecule has 0 aliphatic rings. The summed E-state index contributed by atoms with van der Waals surface area (Å²) in [7, 11) is -0.597. The summed E-state index contributed by atoms with van der Waals surface area (Å²) in [5.74, 6) is 1.06. The van der Waals surface area contributed by atoms with Gasteiger partial charge in [-0.1, -0.05) is 6.07 Å². The van der Waals surface area contributed by atoms with Crippen LogP contribution >= 0.6 is 0 Å². The summed E-state index contributed by atoms with van der Waals surface area (Å²) in [5, 5.41) is 8.19. The summed E-state index contributed by atoms with van der Waals surface area (Å²) in [6.45, 7) is 0. The highest BCUT2D eigenvalue weighted by molar-refractivity contribution is 7.90. The van der Waals surface area contributed by atoms with Gasteiger partial charge in [0.2, 0.25) is 5.82 Å². The fourth-order valence-corrected chi connectivity index (χ4v) is 3.94. The van der Waals surface area contributed by atoms with Gasteiger partial charge in [-0.05, 0) is 24.3 Å². The molecule has 0 aliphatic heterocycles. The van der Waals surface area contributed by atoms with Gasteiger partial charge >= 0.3 is 0 Å². The average molecular weight is 405 g/mol. The van der Waals surface area contributed by atoms with Crippen LogP contribution in [-0.2, 0) is 20.4 Å². The number of benzene rings is 1. The maximum absolute atomic E-state index is 12.4. The van der Waals surface area contributed by atoms with Crippen molar-refractivity contribution in [2.24, 2.45) is 0 Å². The van der Waals surface area contributed by atoms with Crippen LogP contribution in [0.1, 0.15) is 12.2 Å². The highest BCUT2D eigenvalue weighted by Gasteiger charge is 2.26. The molecule has 0 fully saturated rings. The number of hydrogen-bond donors (Lipinski definition) is 0. The molecule has 3 rings (SSSR count). The maximum Gasteiger partial charge on any atom is 0.204 e. The molecule has 0 radical (unpaired) electrons. The van der Waals surface area contributed by atoms with Crippen molar-refractivity contribution < 1.29 is 27.1 Å². The van der Waals surface area contributed by atoms with E-state index in [9.17, 15) is 13.2 Å². The largest absolute Gasteiger partial charge is 0.494 e. The monoisotopic (exact) mass is 405 g/mol. The Labute approximate surface area is 161 Å². The SMILES string of the molecule is COc1cccc(OC)c1-n1c(CS(=O)(=O)CCC=O)nnc1-c1ccco1. The first-order chi connectivity index (χ1) is 13.5. The second kappa shape index (κ2) is 8.26. The molecule has 9 nitrogen and oxygen atoms in total. The van der Waals surface area contributed by atoms with Crippen molar-refractivity contribution >= 4 is 16.1 Å². The van der Waals surface area contributed by atoms with E-state index in [2.05, 4.69) is 10.2 Å². The molecular weight excluding hydrogens is 386 g/mol. The quantitative estimate of drug-likeness (QED) is 0.497. The van der Waals surface area contributed by atoms with Gasteiger partial charge in [-0.3, -0.25) is 4.57 Å². The summed E-state index contributed by atoms with van der Waals surface area (Å²) >= 11 is 0. The summed E-state index contributed by atoms with van der Waals surface area (Å²) in [5.41, 5.74) is 0.449. The number of furan rings is 1. The number of aldehydes is 1. The predicted octanol–water partition coefficient (Wildman–Crippen LogP) is 2.05. The standard InChI is InChI=1S/C18H19N3O6S/c1-25-13-6-3-7-14(26-2)17(13)21-16(12-28(23,24)11-5-9-22)19-20-18(21)15-8-4-10-27-15/h3-4,6-10H,5,11-12H2,1-2H3. The van der Waals surface area contributed by atoms with Gasteiger partial charge in [0.05, 0.1) is 26.2 Å². The molecule has 0 N–H and O–H groups in total. The van der Waals surface area contributed by atoms with Crippen LogP contribution in [0, 0.1) is 0 Å². The van der Waals surface area contributed by atoms with Crippen molar-refractivity contribution in [3.63, 3.8) is 0 Å². The first kappa shape index (κ1) is 19.6. The third-order valence-electron chi connectivity index (χ3n) is 3.99. The normalized spacial score (nSPS) is 11.4. The van der Waals surface area contributed by atoms with Crippen molar-refractivity contribution in [1.82, 2.24) is 14.8 Å². The average Bonchev–Trinajstić information content (AvgIpc) is 3.35. The van der Waals surface area contributed by atoms with Gasteiger partial charge in [0.15, 0.2) is 21.4 Å². The first-order valence-electron chi connectivity index (χ1n) is 8.34. The summed E-state index contributed by atoms with van der Waals surface area (Å²) in [6.07, 6.45) is 1.97. The van der Waals surface area contributed by atoms with Crippen molar-refractivity contribution in [3.8, 4) is 28.8 Å². The fourth-order valence-electron chi connectivity index (χ4n) is 2.76. The van der Waals surface area contributed by atoms with Crippen LogP contribution < -0.4 is 9.47 Å². The van der Waals surface area contributed by atoms with Crippen LogP contribution in [0.5, 0.6) is 11.5 Å². The van der Waals surface area contributed by atoms with Crippen molar-refractivity contribution in [1.29, 1.82) is 0 Å². The molecule has 0 amide bonds. The van der Waals surface area contributed by atoms with Crippen LogP contribution in [-0.4, -0.2) is 49.4 Å². The molecule has 28 heavy (non-hydrogen) atoms. The molecule has 0 spiro atoms. The van der Waals surface area contributed by atoms with Gasteiger partial charge in [-0.25, -0.2) is 8.42 Å². The maximum atomic E-state index is 12.4. The van der Waals surface area contributed by atoms with E-state index in [1.807, 2.05) is 0 Å². The van der Waals surface area contributed by atoms with Crippen LogP contribution in [0.3, 0.4) is 0 Å². The zero-order chi connectivity index (χ0) is 20.1. The number of ether oxygens (including phenoxy) is 2. The minimum atomic E-state index is -3.59. The van der Waals surface area contributed by atoms with E-state index in [4.69, 9.17) is 13.9 Å². The lowest BCUT2D eigenvalue weighted by molar-refractivity contribution is -0.107. The van der Waals surface area contributed by atoms with Gasteiger partial charge < -0.3 is 18.7 Å². The topological polar surface area (TPSA) is 114 Å². The Morgan fingerprint density at radius 1 is 1.11 bits per heavy atom. The van der Waals surface area contributed by atoms with E-state index in [-0.39, 0.29) is 18.0 Å². The van der Waals surface area contributed by atoms with Crippen LogP contribution in [0.4, 0.5) is 0 Å². The molecule has 2 aromatic heterocycles. The zero-order valence-electron chi connectivity index (χ0n) is 15.4. The molecule has 0 unspecified atom stereocenters. The number of carbonyl (C=O) groups is 1. The molecular formula is C18H19N3O6S. The Morgan fingerprint density at radius 2 is 1.82 bits per heavy atom. The minimum Gasteiger partial charge on any atom is -0.494 e. The van der Waals surface area contributed by atoms with E-state index in [0.717, 1.165) is 0 Å². The molecule has 0 aliphatic carbocycles. The predicted molar refractivity (Wildman–Crippen MR) is 100 cm³/mol. The van der Waals surface area contributed by atoms with Crippen molar-refractivity contribution in [2.45, 2.75) is 12.2 Å². The molecule has 10 heteroatoms. The highest BCUT2D eigenvalue weighted by atomic mass is 32.2. The number of aromatic nitrogens is 3. The molecule has 0 atom stereocenters. The Hall–Kier alpha value is -3.14. The van der Waals surface area contributed by atoms with Gasteiger partial charge in [0.25, 0.3) is 0 Å². The third-order valence-corrected chi connectivity index (χ3v) is 5.55. The number of hydrogen-bond acceptors (Lipinski definition) is 8. The third kappa shape index (κ3) is 3.91. The van der Waals surface area contributed by atoms with E-state index < -0.39 is 15.6 Å². The summed E-state index contributed by atoms with van der Waals surface area (Å²) in [6, 6.07) is 8.56. The minimum absolute atomic E-state index is 0.0838.